The molecule has 1 aromatic carbocycles. The second-order valence-corrected chi connectivity index (χ2v) is 8.13. The summed E-state index contributed by atoms with van der Waals surface area (Å²) in [6.07, 6.45) is 2.92. The highest BCUT2D eigenvalue weighted by Crippen LogP contribution is 2.40. The van der Waals surface area contributed by atoms with Gasteiger partial charge in [0.2, 0.25) is 0 Å². The molecule has 1 amide bonds. The van der Waals surface area contributed by atoms with Crippen molar-refractivity contribution in [1.29, 1.82) is 0 Å². The first-order valence-corrected chi connectivity index (χ1v) is 9.92. The lowest BCUT2D eigenvalue weighted by Gasteiger charge is -2.18. The van der Waals surface area contributed by atoms with Gasteiger partial charge in [0.05, 0.1) is 12.2 Å². The van der Waals surface area contributed by atoms with Crippen LogP contribution in [0.5, 0.6) is 0 Å². The van der Waals surface area contributed by atoms with Crippen molar-refractivity contribution in [1.82, 2.24) is 0 Å². The summed E-state index contributed by atoms with van der Waals surface area (Å²) in [6.45, 7) is 8.32. The van der Waals surface area contributed by atoms with Crippen molar-refractivity contribution in [3.05, 3.63) is 50.9 Å². The zero-order valence-electron chi connectivity index (χ0n) is 15.8. The lowest BCUT2D eigenvalue weighted by atomic mass is 9.88. The first-order valence-electron chi connectivity index (χ1n) is 9.11. The van der Waals surface area contributed by atoms with E-state index in [1.54, 1.807) is 6.92 Å². The Balaban J connectivity index is 1.94. The number of esters is 1. The van der Waals surface area contributed by atoms with Crippen LogP contribution in [0.25, 0.3) is 0 Å². The summed E-state index contributed by atoms with van der Waals surface area (Å²) in [5.74, 6) is 0.00774. The van der Waals surface area contributed by atoms with E-state index in [0.29, 0.717) is 28.7 Å². The Morgan fingerprint density at radius 3 is 2.73 bits per heavy atom. The average Bonchev–Trinajstić information content (AvgIpc) is 2.94. The van der Waals surface area contributed by atoms with E-state index in [1.165, 1.54) is 16.2 Å². The maximum absolute atomic E-state index is 12.7. The number of amides is 1. The number of thiophene rings is 1. The molecule has 0 radical (unpaired) electrons. The maximum Gasteiger partial charge on any atom is 0.341 e. The molecule has 1 N–H and O–H groups in total. The second-order valence-electron chi connectivity index (χ2n) is 7.03. The summed E-state index contributed by atoms with van der Waals surface area (Å²) in [4.78, 5) is 26.5. The highest BCUT2D eigenvalue weighted by atomic mass is 32.1. The molecular formula is C21H25NO3S. The fourth-order valence-electron chi connectivity index (χ4n) is 3.32. The van der Waals surface area contributed by atoms with Gasteiger partial charge in [-0.05, 0) is 74.8 Å². The van der Waals surface area contributed by atoms with Crippen molar-refractivity contribution >= 4 is 28.2 Å². The van der Waals surface area contributed by atoms with Crippen LogP contribution in [0.15, 0.2) is 18.2 Å². The minimum atomic E-state index is -0.338. The minimum absolute atomic E-state index is 0.190. The molecule has 0 saturated heterocycles. The molecule has 0 spiro atoms. The standard InChI is InChI=1S/C21H25NO3S/c1-5-25-21(24)18-16-10-12(2)6-9-17(16)26-20(18)22-19(23)15-8-7-13(3)14(4)11-15/h7-8,11-12H,5-6,9-10H2,1-4H3,(H,22,23). The van der Waals surface area contributed by atoms with E-state index in [2.05, 4.69) is 12.2 Å². The Morgan fingerprint density at radius 2 is 2.04 bits per heavy atom. The van der Waals surface area contributed by atoms with Crippen molar-refractivity contribution in [2.45, 2.75) is 47.0 Å². The number of hydrogen-bond donors (Lipinski definition) is 1. The lowest BCUT2D eigenvalue weighted by Crippen LogP contribution is -2.17. The number of aryl methyl sites for hydroxylation is 3. The van der Waals surface area contributed by atoms with Gasteiger partial charge in [0, 0.05) is 10.4 Å². The van der Waals surface area contributed by atoms with E-state index in [4.69, 9.17) is 4.74 Å². The minimum Gasteiger partial charge on any atom is -0.462 e. The molecule has 0 bridgehead atoms. The molecule has 3 rings (SSSR count). The van der Waals surface area contributed by atoms with Crippen molar-refractivity contribution in [2.24, 2.45) is 5.92 Å². The lowest BCUT2D eigenvalue weighted by molar-refractivity contribution is 0.0526. The summed E-state index contributed by atoms with van der Waals surface area (Å²) in [7, 11) is 0. The zero-order chi connectivity index (χ0) is 18.8. The predicted octanol–water partition coefficient (Wildman–Crippen LogP) is 4.92. The van der Waals surface area contributed by atoms with E-state index in [0.717, 1.165) is 36.0 Å². The average molecular weight is 372 g/mol. The molecule has 138 valence electrons. The Labute approximate surface area is 158 Å². The van der Waals surface area contributed by atoms with Gasteiger partial charge in [-0.3, -0.25) is 4.79 Å². The van der Waals surface area contributed by atoms with Gasteiger partial charge in [-0.25, -0.2) is 4.79 Å². The van der Waals surface area contributed by atoms with Gasteiger partial charge in [-0.1, -0.05) is 13.0 Å². The first kappa shape index (κ1) is 18.6. The predicted molar refractivity (Wildman–Crippen MR) is 105 cm³/mol. The Hall–Kier alpha value is -2.14. The molecule has 1 aliphatic carbocycles. The van der Waals surface area contributed by atoms with Crippen molar-refractivity contribution < 1.29 is 14.3 Å². The van der Waals surface area contributed by atoms with Crippen molar-refractivity contribution in [3.63, 3.8) is 0 Å². The molecule has 2 aromatic rings. The zero-order valence-corrected chi connectivity index (χ0v) is 16.6. The van der Waals surface area contributed by atoms with Crippen LogP contribution in [0, 0.1) is 19.8 Å². The van der Waals surface area contributed by atoms with Gasteiger partial charge >= 0.3 is 5.97 Å². The quantitative estimate of drug-likeness (QED) is 0.776. The van der Waals surface area contributed by atoms with Gasteiger partial charge in [0.25, 0.3) is 5.91 Å². The molecule has 1 aliphatic rings. The first-order chi connectivity index (χ1) is 12.4. The number of nitrogens with one attached hydrogen (secondary N) is 1. The van der Waals surface area contributed by atoms with Crippen LogP contribution in [-0.4, -0.2) is 18.5 Å². The molecule has 0 aliphatic heterocycles. The monoisotopic (exact) mass is 371 g/mol. The topological polar surface area (TPSA) is 55.4 Å². The Bertz CT molecular complexity index is 853. The van der Waals surface area contributed by atoms with Crippen molar-refractivity contribution in [3.8, 4) is 0 Å². The molecule has 1 aromatic heterocycles. The molecule has 0 fully saturated rings. The molecule has 1 heterocycles. The summed E-state index contributed by atoms with van der Waals surface area (Å²) in [6, 6.07) is 5.64. The third-order valence-corrected chi connectivity index (χ3v) is 6.19. The van der Waals surface area contributed by atoms with Crippen LogP contribution in [-0.2, 0) is 17.6 Å². The third-order valence-electron chi connectivity index (χ3n) is 4.98. The molecule has 1 unspecified atom stereocenters. The largest absolute Gasteiger partial charge is 0.462 e. The highest BCUT2D eigenvalue weighted by Gasteiger charge is 2.29. The fourth-order valence-corrected chi connectivity index (χ4v) is 4.55. The molecule has 1 atom stereocenters. The fraction of sp³-hybridized carbons (Fsp3) is 0.429. The number of carbonyl (C=O) groups excluding carboxylic acids is 2. The van der Waals surface area contributed by atoms with E-state index < -0.39 is 0 Å². The van der Waals surface area contributed by atoms with Crippen LogP contribution < -0.4 is 5.32 Å². The van der Waals surface area contributed by atoms with E-state index in [-0.39, 0.29) is 11.9 Å². The highest BCUT2D eigenvalue weighted by molar-refractivity contribution is 7.17. The number of carbonyl (C=O) groups is 2. The second kappa shape index (κ2) is 7.62. The van der Waals surface area contributed by atoms with Gasteiger partial charge in [0.15, 0.2) is 0 Å². The van der Waals surface area contributed by atoms with E-state index in [9.17, 15) is 9.59 Å². The molecule has 0 saturated carbocycles. The smallest absolute Gasteiger partial charge is 0.341 e. The summed E-state index contributed by atoms with van der Waals surface area (Å²) >= 11 is 1.52. The number of ether oxygens (including phenoxy) is 1. The van der Waals surface area contributed by atoms with Gasteiger partial charge < -0.3 is 10.1 Å². The number of rotatable bonds is 4. The third kappa shape index (κ3) is 3.68. The Morgan fingerprint density at radius 1 is 1.27 bits per heavy atom. The SMILES string of the molecule is CCOC(=O)c1c(NC(=O)c2ccc(C)c(C)c2)sc2c1CC(C)CC2. The van der Waals surface area contributed by atoms with Crippen LogP contribution >= 0.6 is 11.3 Å². The normalized spacial score (nSPS) is 16.1. The number of anilines is 1. The van der Waals surface area contributed by atoms with Crippen LogP contribution in [0.4, 0.5) is 5.00 Å². The van der Waals surface area contributed by atoms with Crippen LogP contribution in [0.3, 0.4) is 0 Å². The molecule has 4 nitrogen and oxygen atoms in total. The molecular weight excluding hydrogens is 346 g/mol. The van der Waals surface area contributed by atoms with Crippen LogP contribution in [0.1, 0.15) is 62.6 Å². The van der Waals surface area contributed by atoms with Crippen molar-refractivity contribution in [2.75, 3.05) is 11.9 Å². The van der Waals surface area contributed by atoms with E-state index >= 15 is 0 Å². The van der Waals surface area contributed by atoms with Gasteiger partial charge in [-0.2, -0.15) is 0 Å². The summed E-state index contributed by atoms with van der Waals surface area (Å²) in [5.41, 5.74) is 4.43. The summed E-state index contributed by atoms with van der Waals surface area (Å²) < 4.78 is 5.27. The molecule has 26 heavy (non-hydrogen) atoms. The van der Waals surface area contributed by atoms with Gasteiger partial charge in [-0.15, -0.1) is 11.3 Å². The Kier molecular flexibility index (Phi) is 5.47. The maximum atomic E-state index is 12.7. The summed E-state index contributed by atoms with van der Waals surface area (Å²) in [5, 5.41) is 3.58. The number of benzene rings is 1. The van der Waals surface area contributed by atoms with Gasteiger partial charge in [0.1, 0.15) is 5.00 Å². The van der Waals surface area contributed by atoms with E-state index in [1.807, 2.05) is 32.0 Å². The molecule has 5 heteroatoms. The number of hydrogen-bond acceptors (Lipinski definition) is 4. The van der Waals surface area contributed by atoms with Crippen LogP contribution in [0.2, 0.25) is 0 Å². The number of fused-ring (bicyclic) bond motifs is 1.